The summed E-state index contributed by atoms with van der Waals surface area (Å²) >= 11 is 0. The van der Waals surface area contributed by atoms with Gasteiger partial charge in [-0.3, -0.25) is 4.79 Å². The average Bonchev–Trinajstić information content (AvgIpc) is 2.65. The Hall–Kier alpha value is -0.716. The Morgan fingerprint density at radius 1 is 1.12 bits per heavy atom. The Morgan fingerprint density at radius 3 is 2.08 bits per heavy atom. The number of carbonyl (C=O) groups excluding carboxylic acids is 1. The van der Waals surface area contributed by atoms with Crippen LogP contribution in [0.25, 0.3) is 0 Å². The van der Waals surface area contributed by atoms with Crippen molar-refractivity contribution in [1.82, 2.24) is 0 Å². The summed E-state index contributed by atoms with van der Waals surface area (Å²) in [5, 5.41) is 1.50. The van der Waals surface area contributed by atoms with E-state index in [1.54, 1.807) is 6.92 Å². The van der Waals surface area contributed by atoms with Gasteiger partial charge in [-0.25, -0.2) is 0 Å². The van der Waals surface area contributed by atoms with Gasteiger partial charge in [-0.15, -0.1) is 0 Å². The van der Waals surface area contributed by atoms with Crippen molar-refractivity contribution in [3.63, 3.8) is 0 Å². The van der Waals surface area contributed by atoms with Crippen molar-refractivity contribution in [2.75, 3.05) is 0 Å². The highest BCUT2D eigenvalue weighted by molar-refractivity contribution is 6.90. The largest absolute Gasteiger partial charge is 0.409 e. The average molecular weight is 391 g/mol. The van der Waals surface area contributed by atoms with Gasteiger partial charge in [0.25, 0.3) is 0 Å². The fourth-order valence-electron chi connectivity index (χ4n) is 3.88. The minimum absolute atomic E-state index is 0.0572. The number of fused-ring (bicyclic) bond motifs is 1. The summed E-state index contributed by atoms with van der Waals surface area (Å²) in [6.45, 7) is 25.0. The predicted molar refractivity (Wildman–Crippen MR) is 118 cm³/mol. The molecule has 1 unspecified atom stereocenters. The van der Waals surface area contributed by atoms with Gasteiger partial charge in [-0.1, -0.05) is 66.4 Å². The molecule has 0 aromatic heterocycles. The highest BCUT2D eigenvalue weighted by Crippen LogP contribution is 2.51. The molecular formula is C22H38O2Si2. The van der Waals surface area contributed by atoms with E-state index in [0.717, 1.165) is 12.0 Å². The van der Waals surface area contributed by atoms with Gasteiger partial charge in [0.2, 0.25) is 0 Å². The minimum Gasteiger partial charge on any atom is -0.409 e. The zero-order chi connectivity index (χ0) is 20.3. The number of hydrogen-bond donors (Lipinski definition) is 0. The molecule has 4 heteroatoms. The molecule has 0 aliphatic heterocycles. The molecule has 0 heterocycles. The monoisotopic (exact) mass is 390 g/mol. The van der Waals surface area contributed by atoms with Crippen LogP contribution >= 0.6 is 0 Å². The molecule has 1 atom stereocenters. The number of hydrogen-bond acceptors (Lipinski definition) is 2. The quantitative estimate of drug-likeness (QED) is 0.460. The molecule has 0 spiro atoms. The molecule has 0 fully saturated rings. The van der Waals surface area contributed by atoms with E-state index in [-0.39, 0.29) is 22.3 Å². The van der Waals surface area contributed by atoms with Crippen LogP contribution in [0.1, 0.15) is 69.1 Å². The Labute approximate surface area is 162 Å². The van der Waals surface area contributed by atoms with Crippen molar-refractivity contribution in [3.8, 4) is 0 Å². The van der Waals surface area contributed by atoms with Gasteiger partial charge in [0.05, 0.1) is 14.2 Å². The van der Waals surface area contributed by atoms with Gasteiger partial charge in [0.15, 0.2) is 14.1 Å². The molecule has 2 nitrogen and oxygen atoms in total. The highest BCUT2D eigenvalue weighted by Gasteiger charge is 2.48. The summed E-state index contributed by atoms with van der Waals surface area (Å²) in [4.78, 5) is 12.4. The molecule has 2 rings (SSSR count). The van der Waals surface area contributed by atoms with Gasteiger partial charge in [-0.2, -0.15) is 0 Å². The summed E-state index contributed by atoms with van der Waals surface area (Å²) < 4.78 is 7.03. The van der Waals surface area contributed by atoms with Crippen LogP contribution in [0.15, 0.2) is 12.1 Å². The van der Waals surface area contributed by atoms with Crippen LogP contribution in [0.3, 0.4) is 0 Å². The Balaban J connectivity index is 2.72. The van der Waals surface area contributed by atoms with Gasteiger partial charge >= 0.3 is 0 Å². The molecule has 0 N–H and O–H groups in total. The molecule has 0 saturated heterocycles. The van der Waals surface area contributed by atoms with Crippen LogP contribution < -0.4 is 5.19 Å². The van der Waals surface area contributed by atoms with Crippen LogP contribution in [-0.2, 0) is 10.8 Å². The summed E-state index contributed by atoms with van der Waals surface area (Å²) in [5.41, 5.74) is 3.72. The third kappa shape index (κ3) is 3.78. The van der Waals surface area contributed by atoms with Crippen LogP contribution in [0.4, 0.5) is 0 Å². The maximum absolute atomic E-state index is 12.4. The van der Waals surface area contributed by atoms with E-state index in [0.29, 0.717) is 0 Å². The standard InChI is InChI=1S/C22H38O2Si2/c1-15(23)17-13-12-16-14-22(5,6)20(18(16)19(17)25(7,8)9)24-26(10,11)21(2,3)4/h12-13,20H,14H2,1-11H3. The third-order valence-corrected chi connectivity index (χ3v) is 12.8. The lowest BCUT2D eigenvalue weighted by Gasteiger charge is -2.43. The fraction of sp³-hybridized carbons (Fsp3) is 0.682. The van der Waals surface area contributed by atoms with E-state index >= 15 is 0 Å². The SMILES string of the molecule is CC(=O)c1ccc2c(c1[Si](C)(C)C)C(O[Si](C)(C)C(C)(C)C)C(C)(C)C2. The van der Waals surface area contributed by atoms with E-state index in [4.69, 9.17) is 4.43 Å². The van der Waals surface area contributed by atoms with E-state index < -0.39 is 16.4 Å². The molecule has 1 aliphatic rings. The second-order valence-electron chi connectivity index (χ2n) is 11.3. The van der Waals surface area contributed by atoms with E-state index in [9.17, 15) is 4.79 Å². The molecule has 0 saturated carbocycles. The molecule has 0 amide bonds. The second kappa shape index (κ2) is 6.42. The molecule has 146 valence electrons. The summed E-state index contributed by atoms with van der Waals surface area (Å²) in [5.74, 6) is 0.181. The van der Waals surface area contributed by atoms with Gasteiger partial charge < -0.3 is 4.43 Å². The number of carbonyl (C=O) groups is 1. The maximum Gasteiger partial charge on any atom is 0.192 e. The highest BCUT2D eigenvalue weighted by atomic mass is 28.4. The molecule has 26 heavy (non-hydrogen) atoms. The van der Waals surface area contributed by atoms with Crippen molar-refractivity contribution >= 4 is 27.4 Å². The van der Waals surface area contributed by atoms with Crippen LogP contribution in [0.5, 0.6) is 0 Å². The number of ketones is 1. The summed E-state index contributed by atoms with van der Waals surface area (Å²) in [7, 11) is -3.63. The van der Waals surface area contributed by atoms with E-state index in [2.05, 4.69) is 79.5 Å². The zero-order valence-electron chi connectivity index (χ0n) is 18.8. The van der Waals surface area contributed by atoms with Gasteiger partial charge in [-0.05, 0) is 53.2 Å². The molecule has 0 radical (unpaired) electrons. The first-order valence-corrected chi connectivity index (χ1v) is 16.2. The van der Waals surface area contributed by atoms with Crippen LogP contribution in [0, 0.1) is 5.41 Å². The van der Waals surface area contributed by atoms with Crippen molar-refractivity contribution in [1.29, 1.82) is 0 Å². The predicted octanol–water partition coefficient (Wildman–Crippen LogP) is 6.08. The first-order valence-electron chi connectivity index (χ1n) is 9.84. The van der Waals surface area contributed by atoms with Gasteiger partial charge in [0, 0.05) is 5.56 Å². The minimum atomic E-state index is -1.92. The third-order valence-electron chi connectivity index (χ3n) is 6.30. The number of rotatable bonds is 4. The van der Waals surface area contributed by atoms with Gasteiger partial charge in [0.1, 0.15) is 0 Å². The second-order valence-corrected chi connectivity index (χ2v) is 21.0. The maximum atomic E-state index is 12.4. The lowest BCUT2D eigenvalue weighted by Crippen LogP contribution is -2.48. The first kappa shape index (κ1) is 21.6. The number of benzene rings is 1. The fourth-order valence-corrected chi connectivity index (χ4v) is 7.43. The van der Waals surface area contributed by atoms with Crippen LogP contribution in [-0.4, -0.2) is 22.2 Å². The van der Waals surface area contributed by atoms with Crippen molar-refractivity contribution in [3.05, 3.63) is 28.8 Å². The topological polar surface area (TPSA) is 26.3 Å². The summed E-state index contributed by atoms with van der Waals surface area (Å²) in [6.07, 6.45) is 1.11. The Bertz CT molecular complexity index is 719. The zero-order valence-corrected chi connectivity index (χ0v) is 20.8. The lowest BCUT2D eigenvalue weighted by molar-refractivity contribution is 0.0768. The van der Waals surface area contributed by atoms with Crippen molar-refractivity contribution in [2.45, 2.75) is 91.8 Å². The first-order chi connectivity index (χ1) is 11.5. The lowest BCUT2D eigenvalue weighted by atomic mass is 9.87. The normalized spacial score (nSPS) is 20.2. The molecule has 1 aliphatic carbocycles. The van der Waals surface area contributed by atoms with Crippen molar-refractivity contribution in [2.24, 2.45) is 5.41 Å². The number of Topliss-reactive ketones (excluding diaryl/α,β-unsaturated/α-hetero) is 1. The smallest absolute Gasteiger partial charge is 0.192 e. The summed E-state index contributed by atoms with van der Waals surface area (Å²) in [6, 6.07) is 4.26. The molecule has 1 aromatic carbocycles. The van der Waals surface area contributed by atoms with Crippen molar-refractivity contribution < 1.29 is 9.22 Å². The molecular weight excluding hydrogens is 352 g/mol. The van der Waals surface area contributed by atoms with E-state index in [1.807, 2.05) is 0 Å². The van der Waals surface area contributed by atoms with E-state index in [1.165, 1.54) is 16.3 Å². The molecule has 1 aromatic rings. The van der Waals surface area contributed by atoms with Crippen LogP contribution in [0.2, 0.25) is 37.8 Å². The Kier molecular flexibility index (Phi) is 5.33. The Morgan fingerprint density at radius 2 is 1.65 bits per heavy atom. The molecule has 0 bridgehead atoms.